The summed E-state index contributed by atoms with van der Waals surface area (Å²) in [5, 5.41) is 10.3. The molecule has 0 aliphatic carbocycles. The van der Waals surface area contributed by atoms with E-state index >= 15 is 0 Å². The Bertz CT molecular complexity index is 1280. The van der Waals surface area contributed by atoms with Crippen molar-refractivity contribution in [3.8, 4) is 0 Å². The summed E-state index contributed by atoms with van der Waals surface area (Å²) >= 11 is 0. The monoisotopic (exact) mass is 430 g/mol. The SMILES string of the molecule is Cc1nnc2ccc(C(=O)N(CCN(C)C)c3ncc(C(C)(C)C)c4ccccc34)cn12. The number of nitrogens with zero attached hydrogens (tertiary/aromatic N) is 6. The maximum absolute atomic E-state index is 13.8. The molecule has 3 heterocycles. The van der Waals surface area contributed by atoms with E-state index in [1.54, 1.807) is 17.2 Å². The molecule has 0 spiro atoms. The molecule has 32 heavy (non-hydrogen) atoms. The highest BCUT2D eigenvalue weighted by Crippen LogP contribution is 2.34. The van der Waals surface area contributed by atoms with Crippen LogP contribution in [-0.2, 0) is 5.41 Å². The minimum Gasteiger partial charge on any atom is -0.308 e. The average Bonchev–Trinajstić information content (AvgIpc) is 3.12. The first-order chi connectivity index (χ1) is 15.2. The Morgan fingerprint density at radius 2 is 1.72 bits per heavy atom. The molecule has 0 radical (unpaired) electrons. The first kappa shape index (κ1) is 21.9. The quantitative estimate of drug-likeness (QED) is 0.477. The third-order valence-electron chi connectivity index (χ3n) is 5.67. The molecule has 0 saturated heterocycles. The number of amides is 1. The van der Waals surface area contributed by atoms with Crippen LogP contribution < -0.4 is 4.90 Å². The standard InChI is InChI=1S/C25H30N6O/c1-17-27-28-22-12-11-18(16-31(17)22)24(32)30(14-13-29(5)6)23-20-10-8-7-9-19(20)21(15-26-23)25(2,3)4/h7-12,15-16H,13-14H2,1-6H3. The summed E-state index contributed by atoms with van der Waals surface area (Å²) in [5.41, 5.74) is 2.40. The molecular weight excluding hydrogens is 400 g/mol. The van der Waals surface area contributed by atoms with Crippen molar-refractivity contribution in [2.75, 3.05) is 32.1 Å². The topological polar surface area (TPSA) is 66.6 Å². The van der Waals surface area contributed by atoms with Gasteiger partial charge in [-0.2, -0.15) is 0 Å². The Labute approximate surface area is 188 Å². The van der Waals surface area contributed by atoms with Gasteiger partial charge in [-0.1, -0.05) is 45.0 Å². The lowest BCUT2D eigenvalue weighted by Gasteiger charge is -2.27. The number of aromatic nitrogens is 4. The number of hydrogen-bond acceptors (Lipinski definition) is 5. The molecule has 7 nitrogen and oxygen atoms in total. The second kappa shape index (κ2) is 8.31. The van der Waals surface area contributed by atoms with Gasteiger partial charge in [-0.05, 0) is 49.5 Å². The van der Waals surface area contributed by atoms with Crippen LogP contribution in [0.4, 0.5) is 5.82 Å². The number of pyridine rings is 2. The Morgan fingerprint density at radius 3 is 2.41 bits per heavy atom. The lowest BCUT2D eigenvalue weighted by Crippen LogP contribution is -2.37. The molecule has 0 N–H and O–H groups in total. The summed E-state index contributed by atoms with van der Waals surface area (Å²) in [4.78, 5) is 22.5. The Morgan fingerprint density at radius 1 is 1.00 bits per heavy atom. The zero-order chi connectivity index (χ0) is 23.0. The van der Waals surface area contributed by atoms with E-state index in [2.05, 4.69) is 48.0 Å². The van der Waals surface area contributed by atoms with Crippen LogP contribution in [0.25, 0.3) is 16.4 Å². The van der Waals surface area contributed by atoms with Crippen molar-refractivity contribution in [3.05, 3.63) is 65.7 Å². The number of carbonyl (C=O) groups is 1. The lowest BCUT2D eigenvalue weighted by molar-refractivity contribution is 0.0984. The first-order valence-corrected chi connectivity index (χ1v) is 10.8. The van der Waals surface area contributed by atoms with Crippen molar-refractivity contribution >= 4 is 28.1 Å². The van der Waals surface area contributed by atoms with E-state index in [0.29, 0.717) is 17.9 Å². The summed E-state index contributed by atoms with van der Waals surface area (Å²) in [6.45, 7) is 9.66. The van der Waals surface area contributed by atoms with E-state index in [-0.39, 0.29) is 11.3 Å². The highest BCUT2D eigenvalue weighted by molar-refractivity contribution is 6.10. The number of likely N-dealkylation sites (N-methyl/N-ethyl adjacent to an activating group) is 1. The highest BCUT2D eigenvalue weighted by atomic mass is 16.2. The maximum atomic E-state index is 13.8. The number of carbonyl (C=O) groups excluding carboxylic acids is 1. The van der Waals surface area contributed by atoms with Crippen molar-refractivity contribution < 1.29 is 4.79 Å². The van der Waals surface area contributed by atoms with Crippen LogP contribution in [-0.4, -0.2) is 57.6 Å². The predicted molar refractivity (Wildman–Crippen MR) is 128 cm³/mol. The van der Waals surface area contributed by atoms with E-state index in [4.69, 9.17) is 4.98 Å². The molecule has 3 aromatic heterocycles. The third-order valence-corrected chi connectivity index (χ3v) is 5.67. The predicted octanol–water partition coefficient (Wildman–Crippen LogP) is 4.09. The van der Waals surface area contributed by atoms with Crippen LogP contribution in [0.1, 0.15) is 42.5 Å². The summed E-state index contributed by atoms with van der Waals surface area (Å²) in [5.74, 6) is 1.33. The highest BCUT2D eigenvalue weighted by Gasteiger charge is 2.25. The van der Waals surface area contributed by atoms with Crippen LogP contribution in [0.2, 0.25) is 0 Å². The van der Waals surface area contributed by atoms with Crippen LogP contribution in [0.3, 0.4) is 0 Å². The minimum atomic E-state index is -0.0944. The molecule has 0 unspecified atom stereocenters. The van der Waals surface area contributed by atoms with Gasteiger partial charge >= 0.3 is 0 Å². The van der Waals surface area contributed by atoms with Crippen LogP contribution in [0.15, 0.2) is 48.8 Å². The smallest absolute Gasteiger partial charge is 0.260 e. The van der Waals surface area contributed by atoms with Gasteiger partial charge in [-0.3, -0.25) is 14.1 Å². The molecule has 1 amide bonds. The number of rotatable bonds is 5. The molecule has 0 bridgehead atoms. The fourth-order valence-electron chi connectivity index (χ4n) is 3.88. The maximum Gasteiger partial charge on any atom is 0.260 e. The molecule has 4 aromatic rings. The number of hydrogen-bond donors (Lipinski definition) is 0. The van der Waals surface area contributed by atoms with Crippen molar-refractivity contribution in [2.24, 2.45) is 0 Å². The largest absolute Gasteiger partial charge is 0.308 e. The molecule has 0 fully saturated rings. The summed E-state index contributed by atoms with van der Waals surface area (Å²) in [6, 6.07) is 11.8. The van der Waals surface area contributed by atoms with Crippen molar-refractivity contribution in [2.45, 2.75) is 33.1 Å². The normalized spacial score (nSPS) is 12.1. The fourth-order valence-corrected chi connectivity index (χ4v) is 3.88. The Hall–Kier alpha value is -3.32. The van der Waals surface area contributed by atoms with Crippen molar-refractivity contribution in [1.82, 2.24) is 24.5 Å². The van der Waals surface area contributed by atoms with Gasteiger partial charge in [0.05, 0.1) is 5.56 Å². The van der Waals surface area contributed by atoms with Crippen LogP contribution >= 0.6 is 0 Å². The molecule has 0 saturated carbocycles. The average molecular weight is 431 g/mol. The van der Waals surface area contributed by atoms with E-state index < -0.39 is 0 Å². The Kier molecular flexibility index (Phi) is 5.69. The second-order valence-electron chi connectivity index (χ2n) is 9.44. The van der Waals surface area contributed by atoms with E-state index in [1.807, 2.05) is 49.8 Å². The molecule has 0 atom stereocenters. The number of fused-ring (bicyclic) bond motifs is 2. The van der Waals surface area contributed by atoms with E-state index in [1.165, 1.54) is 5.56 Å². The first-order valence-electron chi connectivity index (χ1n) is 10.8. The second-order valence-corrected chi connectivity index (χ2v) is 9.44. The van der Waals surface area contributed by atoms with Crippen LogP contribution in [0, 0.1) is 6.92 Å². The van der Waals surface area contributed by atoms with E-state index in [9.17, 15) is 4.79 Å². The molecule has 0 aliphatic heterocycles. The van der Waals surface area contributed by atoms with Crippen molar-refractivity contribution in [1.29, 1.82) is 0 Å². The van der Waals surface area contributed by atoms with Gasteiger partial charge in [0, 0.05) is 30.9 Å². The fraction of sp³-hybridized carbons (Fsp3) is 0.360. The van der Waals surface area contributed by atoms with Gasteiger partial charge in [0.1, 0.15) is 11.6 Å². The number of benzene rings is 1. The minimum absolute atomic E-state index is 0.0550. The summed E-state index contributed by atoms with van der Waals surface area (Å²) in [6.07, 6.45) is 3.72. The molecular formula is C25H30N6O. The van der Waals surface area contributed by atoms with E-state index in [0.717, 1.165) is 28.8 Å². The molecule has 166 valence electrons. The van der Waals surface area contributed by atoms with Gasteiger partial charge in [0.2, 0.25) is 0 Å². The van der Waals surface area contributed by atoms with Gasteiger partial charge in [0.15, 0.2) is 5.65 Å². The zero-order valence-electron chi connectivity index (χ0n) is 19.6. The van der Waals surface area contributed by atoms with Crippen LogP contribution in [0.5, 0.6) is 0 Å². The van der Waals surface area contributed by atoms with Gasteiger partial charge < -0.3 is 4.90 Å². The number of aryl methyl sites for hydroxylation is 1. The zero-order valence-corrected chi connectivity index (χ0v) is 19.6. The summed E-state index contributed by atoms with van der Waals surface area (Å²) < 4.78 is 1.84. The molecule has 4 rings (SSSR count). The van der Waals surface area contributed by atoms with Gasteiger partial charge in [0.25, 0.3) is 5.91 Å². The molecule has 0 aliphatic rings. The van der Waals surface area contributed by atoms with Gasteiger partial charge in [-0.25, -0.2) is 4.98 Å². The molecule has 1 aromatic carbocycles. The summed E-state index contributed by atoms with van der Waals surface area (Å²) in [7, 11) is 4.01. The Balaban J connectivity index is 1.85. The van der Waals surface area contributed by atoms with Gasteiger partial charge in [-0.15, -0.1) is 10.2 Å². The number of anilines is 1. The van der Waals surface area contributed by atoms with Crippen molar-refractivity contribution in [3.63, 3.8) is 0 Å². The third kappa shape index (κ3) is 4.08. The molecule has 7 heteroatoms. The lowest BCUT2D eigenvalue weighted by atomic mass is 9.85.